The molecule has 0 bridgehead atoms. The first kappa shape index (κ1) is 14.5. The molecule has 0 aliphatic carbocycles. The van der Waals surface area contributed by atoms with Crippen LogP contribution in [0.4, 0.5) is 0 Å². The van der Waals surface area contributed by atoms with Gasteiger partial charge in [-0.25, -0.2) is 8.42 Å². The van der Waals surface area contributed by atoms with Gasteiger partial charge in [0.2, 0.25) is 0 Å². The number of carbonyl (C=O) groups is 1. The second-order valence-corrected chi connectivity index (χ2v) is 7.92. The zero-order valence-electron chi connectivity index (χ0n) is 11.0. The van der Waals surface area contributed by atoms with Gasteiger partial charge in [-0.15, -0.1) is 11.3 Å². The molecule has 1 aliphatic rings. The SMILES string of the molecule is COC(=O)[C@H]1CCCCN1S(=O)(=O)c1ccc(C)s1. The molecule has 0 spiro atoms. The van der Waals surface area contributed by atoms with Crippen LogP contribution >= 0.6 is 11.3 Å². The molecule has 0 amide bonds. The van der Waals surface area contributed by atoms with Crippen molar-refractivity contribution in [2.24, 2.45) is 0 Å². The number of sulfonamides is 1. The third-order valence-electron chi connectivity index (χ3n) is 3.21. The Morgan fingerprint density at radius 3 is 2.74 bits per heavy atom. The molecular weight excluding hydrogens is 286 g/mol. The number of nitrogens with zero attached hydrogens (tertiary/aromatic N) is 1. The van der Waals surface area contributed by atoms with Gasteiger partial charge in [-0.2, -0.15) is 4.31 Å². The van der Waals surface area contributed by atoms with E-state index in [-0.39, 0.29) is 0 Å². The number of piperidine rings is 1. The third-order valence-corrected chi connectivity index (χ3v) is 6.58. The van der Waals surface area contributed by atoms with Crippen molar-refractivity contribution in [2.45, 2.75) is 36.4 Å². The lowest BCUT2D eigenvalue weighted by molar-refractivity contribution is -0.146. The molecular formula is C12H17NO4S2. The van der Waals surface area contributed by atoms with Gasteiger partial charge in [0.05, 0.1) is 7.11 Å². The van der Waals surface area contributed by atoms with Gasteiger partial charge in [-0.1, -0.05) is 0 Å². The minimum absolute atomic E-state index is 0.292. The summed E-state index contributed by atoms with van der Waals surface area (Å²) in [5.74, 6) is -0.475. The van der Waals surface area contributed by atoms with Crippen molar-refractivity contribution in [3.8, 4) is 0 Å². The molecule has 7 heteroatoms. The molecule has 1 fully saturated rings. The van der Waals surface area contributed by atoms with Gasteiger partial charge in [0, 0.05) is 11.4 Å². The molecule has 106 valence electrons. The first-order chi connectivity index (χ1) is 8.96. The Bertz CT molecular complexity index is 564. The first-order valence-electron chi connectivity index (χ1n) is 6.13. The number of rotatable bonds is 3. The molecule has 0 aromatic carbocycles. The fourth-order valence-corrected chi connectivity index (χ4v) is 5.29. The summed E-state index contributed by atoms with van der Waals surface area (Å²) < 4.78 is 31.4. The lowest BCUT2D eigenvalue weighted by Gasteiger charge is -2.32. The molecule has 0 N–H and O–H groups in total. The van der Waals surface area contributed by atoms with Crippen LogP contribution in [-0.4, -0.2) is 38.4 Å². The van der Waals surface area contributed by atoms with E-state index in [2.05, 4.69) is 0 Å². The number of methoxy groups -OCH3 is 1. The smallest absolute Gasteiger partial charge is 0.324 e. The largest absolute Gasteiger partial charge is 0.468 e. The second-order valence-electron chi connectivity index (χ2n) is 4.52. The second kappa shape index (κ2) is 5.60. The molecule has 1 saturated heterocycles. The van der Waals surface area contributed by atoms with Crippen LogP contribution in [0.25, 0.3) is 0 Å². The van der Waals surface area contributed by atoms with Crippen LogP contribution in [0.1, 0.15) is 24.1 Å². The van der Waals surface area contributed by atoms with E-state index in [1.165, 1.54) is 22.8 Å². The molecule has 0 radical (unpaired) electrons. The van der Waals surface area contributed by atoms with E-state index in [0.29, 0.717) is 17.2 Å². The highest BCUT2D eigenvalue weighted by Crippen LogP contribution is 2.29. The van der Waals surface area contributed by atoms with E-state index in [9.17, 15) is 13.2 Å². The van der Waals surface area contributed by atoms with Crippen LogP contribution < -0.4 is 0 Å². The van der Waals surface area contributed by atoms with Crippen LogP contribution in [0.15, 0.2) is 16.3 Å². The van der Waals surface area contributed by atoms with E-state index in [0.717, 1.165) is 17.7 Å². The molecule has 1 aromatic rings. The quantitative estimate of drug-likeness (QED) is 0.798. The minimum Gasteiger partial charge on any atom is -0.468 e. The predicted octanol–water partition coefficient (Wildman–Crippen LogP) is 1.77. The highest BCUT2D eigenvalue weighted by atomic mass is 32.2. The maximum Gasteiger partial charge on any atom is 0.324 e. The van der Waals surface area contributed by atoms with E-state index < -0.39 is 22.0 Å². The maximum atomic E-state index is 12.6. The number of aryl methyl sites for hydroxylation is 1. The van der Waals surface area contributed by atoms with Gasteiger partial charge in [0.25, 0.3) is 10.0 Å². The summed E-state index contributed by atoms with van der Waals surface area (Å²) in [5.41, 5.74) is 0. The summed E-state index contributed by atoms with van der Waals surface area (Å²) >= 11 is 1.23. The topological polar surface area (TPSA) is 63.7 Å². The van der Waals surface area contributed by atoms with Crippen molar-refractivity contribution < 1.29 is 17.9 Å². The van der Waals surface area contributed by atoms with Crippen molar-refractivity contribution >= 4 is 27.3 Å². The normalized spacial score (nSPS) is 21.3. The van der Waals surface area contributed by atoms with Gasteiger partial charge < -0.3 is 4.74 Å². The summed E-state index contributed by atoms with van der Waals surface area (Å²) in [6, 6.07) is 2.68. The molecule has 0 saturated carbocycles. The molecule has 19 heavy (non-hydrogen) atoms. The summed E-state index contributed by atoms with van der Waals surface area (Å²) in [6.07, 6.45) is 2.14. The standard InChI is InChI=1S/C12H17NO4S2/c1-9-6-7-11(18-9)19(15,16)13-8-4-3-5-10(13)12(14)17-2/h6-7,10H,3-5,8H2,1-2H3/t10-/m1/s1. The van der Waals surface area contributed by atoms with Crippen molar-refractivity contribution in [3.05, 3.63) is 17.0 Å². The van der Waals surface area contributed by atoms with Crippen molar-refractivity contribution in [3.63, 3.8) is 0 Å². The maximum absolute atomic E-state index is 12.6. The van der Waals surface area contributed by atoms with Crippen LogP contribution in [0, 0.1) is 6.92 Å². The van der Waals surface area contributed by atoms with Gasteiger partial charge in [-0.05, 0) is 38.3 Å². The number of ether oxygens (including phenoxy) is 1. The van der Waals surface area contributed by atoms with Crippen LogP contribution in [-0.2, 0) is 19.6 Å². The molecule has 2 rings (SSSR count). The molecule has 1 atom stereocenters. The Labute approximate surface area is 117 Å². The highest BCUT2D eigenvalue weighted by molar-refractivity contribution is 7.91. The highest BCUT2D eigenvalue weighted by Gasteiger charge is 2.38. The lowest BCUT2D eigenvalue weighted by Crippen LogP contribution is -2.48. The fraction of sp³-hybridized carbons (Fsp3) is 0.583. The predicted molar refractivity (Wildman–Crippen MR) is 72.6 cm³/mol. The Hall–Kier alpha value is -0.920. The first-order valence-corrected chi connectivity index (χ1v) is 8.38. The Kier molecular flexibility index (Phi) is 4.27. The van der Waals surface area contributed by atoms with Crippen molar-refractivity contribution in [1.29, 1.82) is 0 Å². The van der Waals surface area contributed by atoms with Gasteiger partial charge in [0.15, 0.2) is 0 Å². The average molecular weight is 303 g/mol. The lowest BCUT2D eigenvalue weighted by atomic mass is 10.1. The average Bonchev–Trinajstić information content (AvgIpc) is 2.85. The van der Waals surface area contributed by atoms with E-state index >= 15 is 0 Å². The van der Waals surface area contributed by atoms with Gasteiger partial charge >= 0.3 is 5.97 Å². The number of hydrogen-bond donors (Lipinski definition) is 0. The fourth-order valence-electron chi connectivity index (χ4n) is 2.23. The van der Waals surface area contributed by atoms with Crippen LogP contribution in [0.5, 0.6) is 0 Å². The van der Waals surface area contributed by atoms with Gasteiger partial charge in [0.1, 0.15) is 10.3 Å². The number of hydrogen-bond acceptors (Lipinski definition) is 5. The van der Waals surface area contributed by atoms with E-state index in [1.54, 1.807) is 12.1 Å². The molecule has 0 unspecified atom stereocenters. The molecule has 5 nitrogen and oxygen atoms in total. The third kappa shape index (κ3) is 2.82. The van der Waals surface area contributed by atoms with Gasteiger partial charge in [-0.3, -0.25) is 4.79 Å². The van der Waals surface area contributed by atoms with E-state index in [4.69, 9.17) is 4.74 Å². The monoisotopic (exact) mass is 303 g/mol. The number of esters is 1. The zero-order chi connectivity index (χ0) is 14.0. The van der Waals surface area contributed by atoms with Crippen LogP contribution in [0.2, 0.25) is 0 Å². The molecule has 1 aliphatic heterocycles. The summed E-state index contributed by atoms with van der Waals surface area (Å²) in [6.45, 7) is 2.23. The number of carbonyl (C=O) groups excluding carboxylic acids is 1. The Balaban J connectivity index is 2.34. The van der Waals surface area contributed by atoms with Crippen molar-refractivity contribution in [2.75, 3.05) is 13.7 Å². The van der Waals surface area contributed by atoms with Crippen LogP contribution in [0.3, 0.4) is 0 Å². The Morgan fingerprint density at radius 2 is 2.16 bits per heavy atom. The summed E-state index contributed by atoms with van der Waals surface area (Å²) in [5, 5.41) is 0. The van der Waals surface area contributed by atoms with E-state index in [1.807, 2.05) is 6.92 Å². The molecule has 2 heterocycles. The molecule has 1 aromatic heterocycles. The Morgan fingerprint density at radius 1 is 1.42 bits per heavy atom. The van der Waals surface area contributed by atoms with Crippen molar-refractivity contribution in [1.82, 2.24) is 4.31 Å². The summed E-state index contributed by atoms with van der Waals surface area (Å²) in [7, 11) is -2.31. The summed E-state index contributed by atoms with van der Waals surface area (Å²) in [4.78, 5) is 12.7. The minimum atomic E-state index is -3.59. The zero-order valence-corrected chi connectivity index (χ0v) is 12.6. The number of thiophene rings is 1.